The molecule has 3 heteroatoms. The molecule has 0 saturated carbocycles. The summed E-state index contributed by atoms with van der Waals surface area (Å²) in [5.74, 6) is 0. The lowest BCUT2D eigenvalue weighted by Gasteiger charge is -2.05. The number of aryl methyl sites for hydroxylation is 1. The monoisotopic (exact) mass is 206 g/mol. The van der Waals surface area contributed by atoms with E-state index in [2.05, 4.69) is 5.10 Å². The molecule has 0 unspecified atom stereocenters. The van der Waals surface area contributed by atoms with Crippen molar-refractivity contribution in [2.45, 2.75) is 13.5 Å². The Labute approximate surface area is 88.1 Å². The van der Waals surface area contributed by atoms with Crippen molar-refractivity contribution in [1.82, 2.24) is 9.78 Å². The SMILES string of the molecule is Cc1ccnn1Cc1ccccc1Cl. The van der Waals surface area contributed by atoms with Gasteiger partial charge in [0.05, 0.1) is 6.54 Å². The Morgan fingerprint density at radius 3 is 2.71 bits per heavy atom. The first kappa shape index (κ1) is 9.28. The number of hydrogen-bond donors (Lipinski definition) is 0. The van der Waals surface area contributed by atoms with Gasteiger partial charge >= 0.3 is 0 Å². The molecule has 2 aromatic rings. The molecule has 0 atom stereocenters. The molecule has 0 saturated heterocycles. The third kappa shape index (κ3) is 1.80. The van der Waals surface area contributed by atoms with E-state index in [4.69, 9.17) is 11.6 Å². The molecule has 72 valence electrons. The normalized spacial score (nSPS) is 10.4. The number of hydrogen-bond acceptors (Lipinski definition) is 1. The van der Waals surface area contributed by atoms with E-state index in [-0.39, 0.29) is 0 Å². The molecule has 0 aliphatic rings. The van der Waals surface area contributed by atoms with Crippen LogP contribution in [-0.4, -0.2) is 9.78 Å². The molecular weight excluding hydrogens is 196 g/mol. The van der Waals surface area contributed by atoms with Gasteiger partial charge in [-0.2, -0.15) is 5.10 Å². The summed E-state index contributed by atoms with van der Waals surface area (Å²) in [4.78, 5) is 0. The Balaban J connectivity index is 2.28. The quantitative estimate of drug-likeness (QED) is 0.739. The number of benzene rings is 1. The predicted molar refractivity (Wildman–Crippen MR) is 57.5 cm³/mol. The average Bonchev–Trinajstić information content (AvgIpc) is 2.56. The minimum absolute atomic E-state index is 0.735. The van der Waals surface area contributed by atoms with Crippen molar-refractivity contribution in [2.75, 3.05) is 0 Å². The predicted octanol–water partition coefficient (Wildman–Crippen LogP) is 2.89. The second-order valence-corrected chi connectivity index (χ2v) is 3.63. The van der Waals surface area contributed by atoms with Crippen LogP contribution in [0, 0.1) is 6.92 Å². The zero-order chi connectivity index (χ0) is 9.97. The fourth-order valence-corrected chi connectivity index (χ4v) is 1.55. The molecule has 0 bridgehead atoms. The number of nitrogens with zero attached hydrogens (tertiary/aromatic N) is 2. The second kappa shape index (κ2) is 3.84. The molecule has 14 heavy (non-hydrogen) atoms. The van der Waals surface area contributed by atoms with Crippen LogP contribution >= 0.6 is 11.6 Å². The summed E-state index contributed by atoms with van der Waals surface area (Å²) < 4.78 is 1.93. The summed E-state index contributed by atoms with van der Waals surface area (Å²) in [7, 11) is 0. The first-order valence-electron chi connectivity index (χ1n) is 4.49. The van der Waals surface area contributed by atoms with Gasteiger partial charge in [-0.3, -0.25) is 4.68 Å². The molecular formula is C11H11ClN2. The Morgan fingerprint density at radius 1 is 1.29 bits per heavy atom. The lowest BCUT2D eigenvalue weighted by Crippen LogP contribution is -2.03. The summed E-state index contributed by atoms with van der Waals surface area (Å²) in [6.07, 6.45) is 1.80. The van der Waals surface area contributed by atoms with Gasteiger partial charge in [0, 0.05) is 16.9 Å². The van der Waals surface area contributed by atoms with E-state index in [1.165, 1.54) is 0 Å². The lowest BCUT2D eigenvalue weighted by atomic mass is 10.2. The lowest BCUT2D eigenvalue weighted by molar-refractivity contribution is 0.665. The van der Waals surface area contributed by atoms with Crippen LogP contribution in [0.2, 0.25) is 5.02 Å². The Hall–Kier alpha value is -1.28. The topological polar surface area (TPSA) is 17.8 Å². The molecule has 2 nitrogen and oxygen atoms in total. The number of aromatic nitrogens is 2. The molecule has 2 rings (SSSR count). The number of rotatable bonds is 2. The van der Waals surface area contributed by atoms with E-state index >= 15 is 0 Å². The van der Waals surface area contributed by atoms with E-state index in [0.29, 0.717) is 0 Å². The summed E-state index contributed by atoms with van der Waals surface area (Å²) in [5.41, 5.74) is 2.24. The van der Waals surface area contributed by atoms with Crippen LogP contribution in [0.25, 0.3) is 0 Å². The molecule has 0 amide bonds. The van der Waals surface area contributed by atoms with Gasteiger partial charge in [-0.25, -0.2) is 0 Å². The zero-order valence-corrected chi connectivity index (χ0v) is 8.70. The van der Waals surface area contributed by atoms with Crippen LogP contribution < -0.4 is 0 Å². The summed E-state index contributed by atoms with van der Waals surface area (Å²) >= 11 is 6.05. The summed E-state index contributed by atoms with van der Waals surface area (Å²) in [6.45, 7) is 2.77. The maximum absolute atomic E-state index is 6.05. The van der Waals surface area contributed by atoms with Gasteiger partial charge in [0.25, 0.3) is 0 Å². The highest BCUT2D eigenvalue weighted by Crippen LogP contribution is 2.16. The Bertz CT molecular complexity index is 434. The first-order valence-corrected chi connectivity index (χ1v) is 4.87. The number of halogens is 1. The molecule has 1 aromatic carbocycles. The van der Waals surface area contributed by atoms with Gasteiger partial charge in [-0.15, -0.1) is 0 Å². The average molecular weight is 207 g/mol. The van der Waals surface area contributed by atoms with E-state index < -0.39 is 0 Å². The fourth-order valence-electron chi connectivity index (χ4n) is 1.35. The van der Waals surface area contributed by atoms with Crippen LogP contribution in [0.5, 0.6) is 0 Å². The van der Waals surface area contributed by atoms with Gasteiger partial charge in [-0.1, -0.05) is 29.8 Å². The van der Waals surface area contributed by atoms with Crippen molar-refractivity contribution < 1.29 is 0 Å². The van der Waals surface area contributed by atoms with Gasteiger partial charge in [-0.05, 0) is 24.6 Å². The summed E-state index contributed by atoms with van der Waals surface area (Å²) in [6, 6.07) is 9.82. The van der Waals surface area contributed by atoms with Crippen molar-refractivity contribution in [1.29, 1.82) is 0 Å². The smallest absolute Gasteiger partial charge is 0.0676 e. The minimum atomic E-state index is 0.735. The third-order valence-electron chi connectivity index (χ3n) is 2.21. The van der Waals surface area contributed by atoms with Crippen LogP contribution in [0.1, 0.15) is 11.3 Å². The summed E-state index contributed by atoms with van der Waals surface area (Å²) in [5, 5.41) is 5.00. The molecule has 0 aliphatic carbocycles. The fraction of sp³-hybridized carbons (Fsp3) is 0.182. The van der Waals surface area contributed by atoms with E-state index in [1.54, 1.807) is 6.20 Å². The Morgan fingerprint density at radius 2 is 2.07 bits per heavy atom. The van der Waals surface area contributed by atoms with Gasteiger partial charge in [0.2, 0.25) is 0 Å². The third-order valence-corrected chi connectivity index (χ3v) is 2.58. The maximum atomic E-state index is 6.05. The largest absolute Gasteiger partial charge is 0.265 e. The molecule has 0 fully saturated rings. The van der Waals surface area contributed by atoms with Crippen molar-refractivity contribution in [2.24, 2.45) is 0 Å². The van der Waals surface area contributed by atoms with Crippen molar-refractivity contribution >= 4 is 11.6 Å². The standard InChI is InChI=1S/C11H11ClN2/c1-9-6-7-13-14(9)8-10-4-2-3-5-11(10)12/h2-7H,8H2,1H3. The highest BCUT2D eigenvalue weighted by Gasteiger charge is 2.01. The maximum Gasteiger partial charge on any atom is 0.0676 e. The van der Waals surface area contributed by atoms with Crippen LogP contribution in [0.4, 0.5) is 0 Å². The molecule has 0 N–H and O–H groups in total. The van der Waals surface area contributed by atoms with Crippen LogP contribution in [0.15, 0.2) is 36.5 Å². The Kier molecular flexibility index (Phi) is 2.55. The van der Waals surface area contributed by atoms with Crippen LogP contribution in [-0.2, 0) is 6.54 Å². The van der Waals surface area contributed by atoms with E-state index in [9.17, 15) is 0 Å². The molecule has 0 aliphatic heterocycles. The minimum Gasteiger partial charge on any atom is -0.265 e. The molecule has 1 heterocycles. The van der Waals surface area contributed by atoms with E-state index in [1.807, 2.05) is 41.9 Å². The highest BCUT2D eigenvalue weighted by molar-refractivity contribution is 6.31. The molecule has 0 radical (unpaired) electrons. The van der Waals surface area contributed by atoms with E-state index in [0.717, 1.165) is 22.8 Å². The zero-order valence-electron chi connectivity index (χ0n) is 7.94. The van der Waals surface area contributed by atoms with Gasteiger partial charge in [0.15, 0.2) is 0 Å². The molecule has 0 spiro atoms. The van der Waals surface area contributed by atoms with Crippen molar-refractivity contribution in [3.63, 3.8) is 0 Å². The van der Waals surface area contributed by atoms with Gasteiger partial charge < -0.3 is 0 Å². The second-order valence-electron chi connectivity index (χ2n) is 3.22. The van der Waals surface area contributed by atoms with Crippen molar-refractivity contribution in [3.8, 4) is 0 Å². The van der Waals surface area contributed by atoms with Crippen molar-refractivity contribution in [3.05, 3.63) is 52.8 Å². The van der Waals surface area contributed by atoms with Crippen LogP contribution in [0.3, 0.4) is 0 Å². The highest BCUT2D eigenvalue weighted by atomic mass is 35.5. The molecule has 1 aromatic heterocycles. The van der Waals surface area contributed by atoms with Gasteiger partial charge in [0.1, 0.15) is 0 Å². The first-order chi connectivity index (χ1) is 6.77.